The molecule has 1 aliphatic rings. The van der Waals surface area contributed by atoms with E-state index in [1.807, 2.05) is 18.2 Å². The average Bonchev–Trinajstić information content (AvgIpc) is 2.48. The van der Waals surface area contributed by atoms with Crippen molar-refractivity contribution < 1.29 is 9.53 Å². The summed E-state index contributed by atoms with van der Waals surface area (Å²) in [6.45, 7) is 0. The fourth-order valence-corrected chi connectivity index (χ4v) is 3.05. The molecule has 0 amide bonds. The quantitative estimate of drug-likeness (QED) is 0.816. The van der Waals surface area contributed by atoms with Crippen LogP contribution in [0.1, 0.15) is 43.7 Å². The smallest absolute Gasteiger partial charge is 0.327 e. The minimum Gasteiger partial charge on any atom is -0.468 e. The zero-order valence-electron chi connectivity index (χ0n) is 11.5. The zero-order chi connectivity index (χ0) is 14.5. The topological polar surface area (TPSA) is 38.3 Å². The Hall–Kier alpha value is -0.580. The van der Waals surface area contributed by atoms with E-state index in [-0.39, 0.29) is 5.97 Å². The van der Waals surface area contributed by atoms with Gasteiger partial charge in [-0.2, -0.15) is 0 Å². The van der Waals surface area contributed by atoms with Gasteiger partial charge in [0.15, 0.2) is 0 Å². The van der Waals surface area contributed by atoms with Crippen LogP contribution in [0.2, 0.25) is 5.02 Å². The summed E-state index contributed by atoms with van der Waals surface area (Å²) < 4.78 is 5.75. The lowest BCUT2D eigenvalue weighted by Gasteiger charge is -2.27. The number of halogens is 2. The molecule has 0 spiro atoms. The highest BCUT2D eigenvalue weighted by Gasteiger charge is 2.26. The van der Waals surface area contributed by atoms with E-state index in [1.54, 1.807) is 0 Å². The van der Waals surface area contributed by atoms with Crippen LogP contribution in [0.3, 0.4) is 0 Å². The maximum Gasteiger partial charge on any atom is 0.327 e. The van der Waals surface area contributed by atoms with E-state index >= 15 is 0 Å². The molecule has 5 heteroatoms. The number of nitrogens with one attached hydrogen (secondary N) is 1. The van der Waals surface area contributed by atoms with E-state index in [0.29, 0.717) is 11.1 Å². The van der Waals surface area contributed by atoms with Crippen LogP contribution in [0.5, 0.6) is 0 Å². The summed E-state index contributed by atoms with van der Waals surface area (Å²) in [4.78, 5) is 12.0. The lowest BCUT2D eigenvalue weighted by atomic mass is 9.94. The van der Waals surface area contributed by atoms with Crippen molar-refractivity contribution in [3.63, 3.8) is 0 Å². The number of esters is 1. The van der Waals surface area contributed by atoms with Crippen molar-refractivity contribution in [2.45, 2.75) is 44.2 Å². The van der Waals surface area contributed by atoms with E-state index in [4.69, 9.17) is 16.3 Å². The SMILES string of the molecule is COC(=O)C(NC1CCCCC1)c1ccc(Br)c(Cl)c1. The molecule has 1 aromatic rings. The third kappa shape index (κ3) is 3.96. The maximum atomic E-state index is 12.0. The Morgan fingerprint density at radius 3 is 2.70 bits per heavy atom. The van der Waals surface area contributed by atoms with Gasteiger partial charge in [-0.15, -0.1) is 0 Å². The molecule has 20 heavy (non-hydrogen) atoms. The molecule has 3 nitrogen and oxygen atoms in total. The van der Waals surface area contributed by atoms with Crippen LogP contribution in [-0.2, 0) is 9.53 Å². The van der Waals surface area contributed by atoms with Crippen molar-refractivity contribution in [1.82, 2.24) is 5.32 Å². The molecule has 1 fully saturated rings. The second kappa shape index (κ2) is 7.43. The molecule has 0 heterocycles. The molecular formula is C15H19BrClNO2. The second-order valence-corrected chi connectivity index (χ2v) is 6.39. The van der Waals surface area contributed by atoms with Crippen molar-refractivity contribution in [2.24, 2.45) is 0 Å². The van der Waals surface area contributed by atoms with Crippen LogP contribution in [-0.4, -0.2) is 19.1 Å². The van der Waals surface area contributed by atoms with Gasteiger partial charge in [0.05, 0.1) is 12.1 Å². The summed E-state index contributed by atoms with van der Waals surface area (Å²) in [5.41, 5.74) is 0.843. The molecule has 1 unspecified atom stereocenters. The van der Waals surface area contributed by atoms with Crippen LogP contribution < -0.4 is 5.32 Å². The standard InChI is InChI=1S/C15H19BrClNO2/c1-20-15(19)14(18-11-5-3-2-4-6-11)10-7-8-12(16)13(17)9-10/h7-9,11,14,18H,2-6H2,1H3. The molecule has 1 aromatic carbocycles. The summed E-state index contributed by atoms with van der Waals surface area (Å²) in [5.74, 6) is -0.269. The van der Waals surface area contributed by atoms with Gasteiger partial charge in [-0.25, -0.2) is 4.79 Å². The Kier molecular flexibility index (Phi) is 5.87. The Bertz CT molecular complexity index is 475. The van der Waals surface area contributed by atoms with E-state index in [1.165, 1.54) is 26.4 Å². The van der Waals surface area contributed by atoms with Crippen LogP contribution in [0.15, 0.2) is 22.7 Å². The molecular weight excluding hydrogens is 342 g/mol. The van der Waals surface area contributed by atoms with Crippen molar-refractivity contribution in [2.75, 3.05) is 7.11 Å². The predicted octanol–water partition coefficient (Wildman–Crippen LogP) is 4.24. The Morgan fingerprint density at radius 2 is 2.10 bits per heavy atom. The lowest BCUT2D eigenvalue weighted by molar-refractivity contribution is -0.143. The van der Waals surface area contributed by atoms with Gasteiger partial charge in [0.25, 0.3) is 0 Å². The average molecular weight is 361 g/mol. The first-order valence-electron chi connectivity index (χ1n) is 6.90. The molecule has 1 N–H and O–H groups in total. The van der Waals surface area contributed by atoms with Crippen LogP contribution in [0.4, 0.5) is 0 Å². The minimum absolute atomic E-state index is 0.269. The van der Waals surface area contributed by atoms with E-state index < -0.39 is 6.04 Å². The number of ether oxygens (including phenoxy) is 1. The van der Waals surface area contributed by atoms with E-state index in [2.05, 4.69) is 21.2 Å². The Balaban J connectivity index is 2.17. The largest absolute Gasteiger partial charge is 0.468 e. The number of carbonyl (C=O) groups is 1. The van der Waals surface area contributed by atoms with Gasteiger partial charge in [-0.1, -0.05) is 36.9 Å². The first-order valence-corrected chi connectivity index (χ1v) is 8.07. The highest BCUT2D eigenvalue weighted by molar-refractivity contribution is 9.10. The third-order valence-electron chi connectivity index (χ3n) is 3.72. The summed E-state index contributed by atoms with van der Waals surface area (Å²) in [6.07, 6.45) is 5.93. The monoisotopic (exact) mass is 359 g/mol. The van der Waals surface area contributed by atoms with Gasteiger partial charge >= 0.3 is 5.97 Å². The number of methoxy groups -OCH3 is 1. The number of hydrogen-bond donors (Lipinski definition) is 1. The molecule has 0 saturated heterocycles. The summed E-state index contributed by atoms with van der Waals surface area (Å²) in [7, 11) is 1.42. The van der Waals surface area contributed by atoms with Gasteiger partial charge in [0.1, 0.15) is 6.04 Å². The molecule has 2 rings (SSSR count). The number of rotatable bonds is 4. The fourth-order valence-electron chi connectivity index (χ4n) is 2.62. The normalized spacial score (nSPS) is 17.8. The van der Waals surface area contributed by atoms with Crippen LogP contribution in [0.25, 0.3) is 0 Å². The number of carbonyl (C=O) groups excluding carboxylic acids is 1. The number of benzene rings is 1. The van der Waals surface area contributed by atoms with Gasteiger partial charge in [-0.05, 0) is 46.5 Å². The highest BCUT2D eigenvalue weighted by atomic mass is 79.9. The predicted molar refractivity (Wildman–Crippen MR) is 83.9 cm³/mol. The maximum absolute atomic E-state index is 12.0. The van der Waals surface area contributed by atoms with Crippen molar-refractivity contribution in [3.8, 4) is 0 Å². The van der Waals surface area contributed by atoms with Crippen molar-refractivity contribution >= 4 is 33.5 Å². The Labute approximate surface area is 133 Å². The van der Waals surface area contributed by atoms with E-state index in [9.17, 15) is 4.79 Å². The van der Waals surface area contributed by atoms with Crippen molar-refractivity contribution in [1.29, 1.82) is 0 Å². The minimum atomic E-state index is -0.450. The first-order chi connectivity index (χ1) is 9.61. The second-order valence-electron chi connectivity index (χ2n) is 5.13. The Morgan fingerprint density at radius 1 is 1.40 bits per heavy atom. The van der Waals surface area contributed by atoms with Gasteiger partial charge in [0, 0.05) is 10.5 Å². The molecule has 1 atom stereocenters. The molecule has 110 valence electrons. The van der Waals surface area contributed by atoms with E-state index in [0.717, 1.165) is 22.9 Å². The zero-order valence-corrected chi connectivity index (χ0v) is 13.8. The molecule has 0 bridgehead atoms. The lowest BCUT2D eigenvalue weighted by Crippen LogP contribution is -2.38. The van der Waals surface area contributed by atoms with Gasteiger partial charge in [-0.3, -0.25) is 5.32 Å². The first kappa shape index (κ1) is 15.8. The fraction of sp³-hybridized carbons (Fsp3) is 0.533. The molecule has 1 saturated carbocycles. The summed E-state index contributed by atoms with van der Waals surface area (Å²) in [5, 5.41) is 4.02. The molecule has 0 aliphatic heterocycles. The third-order valence-corrected chi connectivity index (χ3v) is 4.95. The summed E-state index contributed by atoms with van der Waals surface area (Å²) >= 11 is 9.48. The van der Waals surface area contributed by atoms with Gasteiger partial charge in [0.2, 0.25) is 0 Å². The van der Waals surface area contributed by atoms with Gasteiger partial charge < -0.3 is 4.74 Å². The summed E-state index contributed by atoms with van der Waals surface area (Å²) in [6, 6.07) is 5.48. The van der Waals surface area contributed by atoms with Crippen LogP contribution >= 0.6 is 27.5 Å². The molecule has 0 radical (unpaired) electrons. The van der Waals surface area contributed by atoms with Crippen LogP contribution in [0, 0.1) is 0 Å². The highest BCUT2D eigenvalue weighted by Crippen LogP contribution is 2.28. The number of hydrogen-bond acceptors (Lipinski definition) is 3. The molecule has 1 aliphatic carbocycles. The van der Waals surface area contributed by atoms with Crippen molar-refractivity contribution in [3.05, 3.63) is 33.3 Å². The molecule has 0 aromatic heterocycles.